The molecule has 270 valence electrons. The van der Waals surface area contributed by atoms with Gasteiger partial charge in [-0.3, -0.25) is 4.57 Å². The number of aromatic nitrogens is 1. The number of benzene rings is 6. The van der Waals surface area contributed by atoms with E-state index < -0.39 is 0 Å². The average molecular weight is 717 g/mol. The number of hydrogen-bond donors (Lipinski definition) is 2. The first-order chi connectivity index (χ1) is 27.0. The summed E-state index contributed by atoms with van der Waals surface area (Å²) in [5, 5.41) is 9.72. The summed E-state index contributed by atoms with van der Waals surface area (Å²) in [4.78, 5) is 4.81. The Kier molecular flexibility index (Phi) is 11.0. The molecule has 5 nitrogen and oxygen atoms in total. The van der Waals surface area contributed by atoms with E-state index in [4.69, 9.17) is 9.73 Å². The normalized spacial score (nSPS) is 12.1. The van der Waals surface area contributed by atoms with Crippen LogP contribution in [0.15, 0.2) is 188 Å². The van der Waals surface area contributed by atoms with Crippen molar-refractivity contribution < 1.29 is 4.74 Å². The van der Waals surface area contributed by atoms with Gasteiger partial charge in [0.1, 0.15) is 17.8 Å². The molecule has 0 aliphatic rings. The van der Waals surface area contributed by atoms with Crippen LogP contribution in [0.4, 0.5) is 28.4 Å². The third-order valence-corrected chi connectivity index (χ3v) is 9.44. The molecule has 0 unspecified atom stereocenters. The lowest BCUT2D eigenvalue weighted by atomic mass is 9.94. The fourth-order valence-electron chi connectivity index (χ4n) is 6.77. The Labute approximate surface area is 323 Å². The predicted octanol–water partition coefficient (Wildman–Crippen LogP) is 14.3. The summed E-state index contributed by atoms with van der Waals surface area (Å²) in [6, 6.07) is 45.4. The zero-order valence-electron chi connectivity index (χ0n) is 31.5. The van der Waals surface area contributed by atoms with E-state index in [-0.39, 0.29) is 0 Å². The first-order valence-electron chi connectivity index (χ1n) is 18.4. The molecule has 6 aromatic carbocycles. The molecule has 0 fully saturated rings. The number of rotatable bonds is 13. The molecule has 0 bridgehead atoms. The first kappa shape index (κ1) is 36.3. The Morgan fingerprint density at radius 3 is 2.11 bits per heavy atom. The second-order valence-electron chi connectivity index (χ2n) is 13.1. The van der Waals surface area contributed by atoms with E-state index in [2.05, 4.69) is 139 Å². The number of anilines is 4. The number of hydrogen-bond acceptors (Lipinski definition) is 4. The molecular formula is C50H44N4O. The molecule has 0 aliphatic carbocycles. The van der Waals surface area contributed by atoms with Crippen LogP contribution in [0.25, 0.3) is 33.0 Å². The number of nitrogens with zero attached hydrogens (tertiary/aromatic N) is 2. The zero-order chi connectivity index (χ0) is 38.1. The van der Waals surface area contributed by atoms with Crippen LogP contribution in [0, 0.1) is 6.92 Å². The van der Waals surface area contributed by atoms with Gasteiger partial charge in [-0.25, -0.2) is 4.99 Å². The molecule has 0 saturated carbocycles. The minimum Gasteiger partial charge on any atom is -0.457 e. The number of allylic oxidation sites excluding steroid dienone is 8. The second kappa shape index (κ2) is 16.7. The van der Waals surface area contributed by atoms with Gasteiger partial charge in [0, 0.05) is 39.7 Å². The lowest BCUT2D eigenvalue weighted by molar-refractivity contribution is 0.483. The van der Waals surface area contributed by atoms with Gasteiger partial charge in [-0.2, -0.15) is 0 Å². The molecule has 0 radical (unpaired) electrons. The van der Waals surface area contributed by atoms with Gasteiger partial charge in [0.05, 0.1) is 33.8 Å². The Morgan fingerprint density at radius 1 is 0.673 bits per heavy atom. The van der Waals surface area contributed by atoms with Crippen LogP contribution in [0.5, 0.6) is 11.5 Å². The van der Waals surface area contributed by atoms with Crippen LogP contribution in [-0.2, 0) is 0 Å². The van der Waals surface area contributed by atoms with Gasteiger partial charge in [-0.15, -0.1) is 0 Å². The molecule has 7 rings (SSSR count). The SMILES string of the molecule is C=C/C=C(\C=C)c1cccc(C(/C=C\C)=C/C)c1Nc1ccccc1Nc1cccc(Oc2ccc3c4ccccc4n(/C=N/c4ccc(C)cc4)c3c2)c1. The monoisotopic (exact) mass is 716 g/mol. The van der Waals surface area contributed by atoms with Crippen molar-refractivity contribution in [3.63, 3.8) is 0 Å². The molecule has 0 spiro atoms. The molecule has 7 aromatic rings. The molecule has 0 aliphatic heterocycles. The highest BCUT2D eigenvalue weighted by Gasteiger charge is 2.15. The maximum Gasteiger partial charge on any atom is 0.129 e. The molecule has 0 amide bonds. The summed E-state index contributed by atoms with van der Waals surface area (Å²) < 4.78 is 8.65. The fraction of sp³-hybridized carbons (Fsp3) is 0.0600. The van der Waals surface area contributed by atoms with Crippen LogP contribution in [0.1, 0.15) is 30.5 Å². The van der Waals surface area contributed by atoms with Crippen molar-refractivity contribution in [1.29, 1.82) is 0 Å². The Hall–Kier alpha value is -7.11. The highest BCUT2D eigenvalue weighted by atomic mass is 16.5. The maximum atomic E-state index is 6.52. The number of aliphatic imine (C=N–C) groups is 1. The maximum absolute atomic E-state index is 6.52. The van der Waals surface area contributed by atoms with E-state index in [0.717, 1.165) is 78.3 Å². The van der Waals surface area contributed by atoms with Gasteiger partial charge in [0.15, 0.2) is 0 Å². The van der Waals surface area contributed by atoms with E-state index in [0.29, 0.717) is 5.75 Å². The molecule has 0 atom stereocenters. The van der Waals surface area contributed by atoms with E-state index in [1.807, 2.05) is 80.0 Å². The number of fused-ring (bicyclic) bond motifs is 3. The zero-order valence-corrected chi connectivity index (χ0v) is 31.5. The molecule has 0 saturated heterocycles. The molecule has 2 N–H and O–H groups in total. The van der Waals surface area contributed by atoms with E-state index >= 15 is 0 Å². The predicted molar refractivity (Wildman–Crippen MR) is 237 cm³/mol. The highest BCUT2D eigenvalue weighted by molar-refractivity contribution is 6.11. The molecule has 5 heteroatoms. The van der Waals surface area contributed by atoms with Gasteiger partial charge >= 0.3 is 0 Å². The summed E-state index contributed by atoms with van der Waals surface area (Å²) in [5.74, 6) is 1.45. The Bertz CT molecular complexity index is 2640. The minimum atomic E-state index is 0.715. The molecule has 1 aromatic heterocycles. The van der Waals surface area contributed by atoms with Crippen molar-refractivity contribution in [2.45, 2.75) is 20.8 Å². The van der Waals surface area contributed by atoms with Crippen molar-refractivity contribution in [2.75, 3.05) is 10.6 Å². The van der Waals surface area contributed by atoms with Crippen LogP contribution < -0.4 is 15.4 Å². The lowest BCUT2D eigenvalue weighted by Crippen LogP contribution is -2.03. The van der Waals surface area contributed by atoms with Crippen molar-refractivity contribution in [3.05, 3.63) is 200 Å². The number of para-hydroxylation sites is 4. The summed E-state index contributed by atoms with van der Waals surface area (Å²) in [7, 11) is 0. The Morgan fingerprint density at radius 2 is 1.36 bits per heavy atom. The van der Waals surface area contributed by atoms with Gasteiger partial charge in [-0.05, 0) is 86.5 Å². The summed E-state index contributed by atoms with van der Waals surface area (Å²) in [6.45, 7) is 14.2. The average Bonchev–Trinajstić information content (AvgIpc) is 3.52. The van der Waals surface area contributed by atoms with Gasteiger partial charge < -0.3 is 15.4 Å². The largest absolute Gasteiger partial charge is 0.457 e. The Balaban J connectivity index is 1.19. The van der Waals surface area contributed by atoms with Gasteiger partial charge in [-0.1, -0.05) is 122 Å². The number of ether oxygens (including phenoxy) is 1. The topological polar surface area (TPSA) is 50.6 Å². The van der Waals surface area contributed by atoms with Crippen molar-refractivity contribution in [3.8, 4) is 11.5 Å². The first-order valence-corrected chi connectivity index (χ1v) is 18.4. The van der Waals surface area contributed by atoms with E-state index in [1.54, 1.807) is 6.08 Å². The van der Waals surface area contributed by atoms with Gasteiger partial charge in [0.2, 0.25) is 0 Å². The molecular weight excluding hydrogens is 673 g/mol. The molecule has 1 heterocycles. The van der Waals surface area contributed by atoms with Crippen molar-refractivity contribution >= 4 is 67.7 Å². The number of nitrogens with one attached hydrogen (secondary N) is 2. The third-order valence-electron chi connectivity index (χ3n) is 9.44. The third kappa shape index (κ3) is 7.97. The van der Waals surface area contributed by atoms with E-state index in [9.17, 15) is 0 Å². The van der Waals surface area contributed by atoms with Crippen molar-refractivity contribution in [1.82, 2.24) is 4.57 Å². The summed E-state index contributed by atoms with van der Waals surface area (Å²) in [5.41, 5.74) is 12.1. The lowest BCUT2D eigenvalue weighted by Gasteiger charge is -2.21. The summed E-state index contributed by atoms with van der Waals surface area (Å²) >= 11 is 0. The van der Waals surface area contributed by atoms with Crippen LogP contribution in [-0.4, -0.2) is 10.9 Å². The summed E-state index contributed by atoms with van der Waals surface area (Å²) in [6.07, 6.45) is 13.8. The fourth-order valence-corrected chi connectivity index (χ4v) is 6.77. The van der Waals surface area contributed by atoms with E-state index in [1.165, 1.54) is 5.56 Å². The second-order valence-corrected chi connectivity index (χ2v) is 13.1. The van der Waals surface area contributed by atoms with Crippen LogP contribution >= 0.6 is 0 Å². The van der Waals surface area contributed by atoms with Crippen LogP contribution in [0.3, 0.4) is 0 Å². The smallest absolute Gasteiger partial charge is 0.129 e. The van der Waals surface area contributed by atoms with Gasteiger partial charge in [0.25, 0.3) is 0 Å². The quantitative estimate of drug-likeness (QED) is 0.0710. The minimum absolute atomic E-state index is 0.715. The van der Waals surface area contributed by atoms with Crippen LogP contribution in [0.2, 0.25) is 0 Å². The number of aryl methyl sites for hydroxylation is 1. The highest BCUT2D eigenvalue weighted by Crippen LogP contribution is 2.39. The standard InChI is InChI=1S/C50H44N4O/c1-6-16-36(8-3)42-21-15-22-43(37(9-4)17-7-2)50(42)53-47-24-12-11-23-46(47)52-39-18-14-19-40(32-39)55-41-30-31-45-44-20-10-13-25-48(44)54(49(45)33-41)34-51-38-28-26-35(5)27-29-38/h6-34,52-53H,1,3H2,2,4-5H3/b17-7-,36-16+,37-9+,51-34+. The molecule has 55 heavy (non-hydrogen) atoms. The van der Waals surface area contributed by atoms with Crippen molar-refractivity contribution in [2.24, 2.45) is 4.99 Å².